The van der Waals surface area contributed by atoms with Crippen LogP contribution in [0.5, 0.6) is 5.75 Å². The molecule has 0 atom stereocenters. The summed E-state index contributed by atoms with van der Waals surface area (Å²) in [7, 11) is 0. The van der Waals surface area contributed by atoms with E-state index in [1.54, 1.807) is 4.90 Å². The second-order valence-electron chi connectivity index (χ2n) is 10.5. The first-order valence-electron chi connectivity index (χ1n) is 13.3. The summed E-state index contributed by atoms with van der Waals surface area (Å²) in [4.78, 5) is 28.0. The van der Waals surface area contributed by atoms with Gasteiger partial charge in [-0.2, -0.15) is 0 Å². The standard InChI is InChI=1S/C30H33N5O3/c1-5-26(36)35-14-22(15-35)29-32-18(3)27(19(4)33-29)21-12-17(2)28-25(13-21)34-30-24(16-38-28)23(6-9-31-30)20-7-10-37-11-8-20/h5-6,9,12-13,20,22H,1,7-8,10-11,14-16H2,2-4H3,(H,31,34). The van der Waals surface area contributed by atoms with Gasteiger partial charge in [-0.3, -0.25) is 4.79 Å². The van der Waals surface area contributed by atoms with E-state index >= 15 is 0 Å². The molecule has 2 fully saturated rings. The van der Waals surface area contributed by atoms with Crippen LogP contribution in [0.25, 0.3) is 11.1 Å². The smallest absolute Gasteiger partial charge is 0.246 e. The van der Waals surface area contributed by atoms with Gasteiger partial charge in [-0.25, -0.2) is 15.0 Å². The Morgan fingerprint density at radius 3 is 2.55 bits per heavy atom. The van der Waals surface area contributed by atoms with E-state index < -0.39 is 0 Å². The van der Waals surface area contributed by atoms with Gasteiger partial charge in [0, 0.05) is 55.0 Å². The number of aromatic nitrogens is 3. The number of likely N-dealkylation sites (tertiary alicyclic amines) is 1. The van der Waals surface area contributed by atoms with Gasteiger partial charge in [-0.15, -0.1) is 0 Å². The molecule has 8 heteroatoms. The van der Waals surface area contributed by atoms with E-state index in [0.717, 1.165) is 82.8 Å². The number of carbonyl (C=O) groups excluding carboxylic acids is 1. The van der Waals surface area contributed by atoms with Crippen molar-refractivity contribution in [3.63, 3.8) is 0 Å². The number of nitrogens with one attached hydrogen (secondary N) is 1. The van der Waals surface area contributed by atoms with Gasteiger partial charge < -0.3 is 19.7 Å². The van der Waals surface area contributed by atoms with E-state index in [4.69, 9.17) is 24.4 Å². The monoisotopic (exact) mass is 511 g/mol. The normalized spacial score (nSPS) is 17.4. The highest BCUT2D eigenvalue weighted by Gasteiger charge is 2.33. The summed E-state index contributed by atoms with van der Waals surface area (Å²) in [5, 5.41) is 3.59. The molecule has 196 valence electrons. The lowest BCUT2D eigenvalue weighted by Gasteiger charge is -2.37. The van der Waals surface area contributed by atoms with Gasteiger partial charge in [0.25, 0.3) is 0 Å². The highest BCUT2D eigenvalue weighted by molar-refractivity contribution is 5.87. The summed E-state index contributed by atoms with van der Waals surface area (Å²) in [5.41, 5.74) is 8.29. The van der Waals surface area contributed by atoms with Crippen molar-refractivity contribution in [1.82, 2.24) is 19.9 Å². The van der Waals surface area contributed by atoms with Crippen LogP contribution in [0.3, 0.4) is 0 Å². The number of fused-ring (bicyclic) bond motifs is 2. The van der Waals surface area contributed by atoms with E-state index in [0.29, 0.717) is 25.6 Å². The third-order valence-electron chi connectivity index (χ3n) is 7.95. The predicted octanol–water partition coefficient (Wildman–Crippen LogP) is 5.11. The van der Waals surface area contributed by atoms with Gasteiger partial charge in [-0.05, 0) is 80.5 Å². The van der Waals surface area contributed by atoms with Crippen molar-refractivity contribution in [3.8, 4) is 16.9 Å². The minimum absolute atomic E-state index is 0.0440. The molecule has 2 saturated heterocycles. The Balaban J connectivity index is 1.31. The van der Waals surface area contributed by atoms with Crippen molar-refractivity contribution in [2.24, 2.45) is 0 Å². The Labute approximate surface area is 223 Å². The summed E-state index contributed by atoms with van der Waals surface area (Å²) < 4.78 is 12.0. The van der Waals surface area contributed by atoms with Gasteiger partial charge in [0.05, 0.1) is 11.6 Å². The third-order valence-corrected chi connectivity index (χ3v) is 7.95. The molecule has 0 bridgehead atoms. The number of hydrogen-bond acceptors (Lipinski definition) is 7. The van der Waals surface area contributed by atoms with Crippen LogP contribution < -0.4 is 10.1 Å². The number of anilines is 2. The van der Waals surface area contributed by atoms with Crippen molar-refractivity contribution in [1.29, 1.82) is 0 Å². The molecular weight excluding hydrogens is 478 g/mol. The lowest BCUT2D eigenvalue weighted by molar-refractivity contribution is -0.130. The molecule has 3 aliphatic rings. The van der Waals surface area contributed by atoms with Crippen LogP contribution >= 0.6 is 0 Å². The molecule has 6 rings (SSSR count). The fourth-order valence-corrected chi connectivity index (χ4v) is 5.93. The second-order valence-corrected chi connectivity index (χ2v) is 10.5. The lowest BCUT2D eigenvalue weighted by Crippen LogP contribution is -2.48. The number of benzene rings is 1. The van der Waals surface area contributed by atoms with E-state index in [9.17, 15) is 4.79 Å². The molecular formula is C30H33N5O3. The van der Waals surface area contributed by atoms with Crippen molar-refractivity contribution in [3.05, 3.63) is 71.0 Å². The average Bonchev–Trinajstić information content (AvgIpc) is 3.07. The zero-order valence-corrected chi connectivity index (χ0v) is 22.2. The molecule has 2 aromatic heterocycles. The first kappa shape index (κ1) is 24.6. The molecule has 3 aliphatic heterocycles. The molecule has 0 unspecified atom stereocenters. The van der Waals surface area contributed by atoms with Crippen LogP contribution in [-0.2, 0) is 16.1 Å². The number of hydrogen-bond donors (Lipinski definition) is 1. The van der Waals surface area contributed by atoms with Crippen molar-refractivity contribution in [2.75, 3.05) is 31.6 Å². The first-order valence-corrected chi connectivity index (χ1v) is 13.3. The number of rotatable bonds is 4. The van der Waals surface area contributed by atoms with Crippen LogP contribution in [0, 0.1) is 20.8 Å². The maximum atomic E-state index is 11.8. The topological polar surface area (TPSA) is 89.5 Å². The minimum atomic E-state index is -0.0440. The van der Waals surface area contributed by atoms with E-state index in [-0.39, 0.29) is 11.8 Å². The molecule has 0 saturated carbocycles. The van der Waals surface area contributed by atoms with E-state index in [1.807, 2.05) is 20.0 Å². The van der Waals surface area contributed by atoms with Crippen LogP contribution in [0.2, 0.25) is 0 Å². The summed E-state index contributed by atoms with van der Waals surface area (Å²) >= 11 is 0. The van der Waals surface area contributed by atoms with Gasteiger partial charge in [0.2, 0.25) is 5.91 Å². The summed E-state index contributed by atoms with van der Waals surface area (Å²) in [6.07, 6.45) is 5.29. The molecule has 0 radical (unpaired) electrons. The second kappa shape index (κ2) is 9.83. The third kappa shape index (κ3) is 4.32. The zero-order chi connectivity index (χ0) is 26.4. The van der Waals surface area contributed by atoms with E-state index in [1.165, 1.54) is 11.6 Å². The van der Waals surface area contributed by atoms with Crippen molar-refractivity contribution in [2.45, 2.75) is 52.1 Å². The van der Waals surface area contributed by atoms with Crippen molar-refractivity contribution >= 4 is 17.4 Å². The number of nitrogens with zero attached hydrogens (tertiary/aromatic N) is 4. The first-order chi connectivity index (χ1) is 18.4. The van der Waals surface area contributed by atoms with Gasteiger partial charge in [0.1, 0.15) is 24.0 Å². The molecule has 38 heavy (non-hydrogen) atoms. The van der Waals surface area contributed by atoms with Crippen molar-refractivity contribution < 1.29 is 14.3 Å². The molecule has 1 amide bonds. The fourth-order valence-electron chi connectivity index (χ4n) is 5.93. The molecule has 1 N–H and O–H groups in total. The molecule has 0 aliphatic carbocycles. The largest absolute Gasteiger partial charge is 0.486 e. The number of ether oxygens (including phenoxy) is 2. The van der Waals surface area contributed by atoms with Gasteiger partial charge in [-0.1, -0.05) is 6.58 Å². The maximum absolute atomic E-state index is 11.8. The van der Waals surface area contributed by atoms with E-state index in [2.05, 4.69) is 37.0 Å². The minimum Gasteiger partial charge on any atom is -0.486 e. The fraction of sp³-hybridized carbons (Fsp3) is 0.400. The highest BCUT2D eigenvalue weighted by atomic mass is 16.5. The summed E-state index contributed by atoms with van der Waals surface area (Å²) in [6, 6.07) is 6.40. The lowest BCUT2D eigenvalue weighted by atomic mass is 9.89. The zero-order valence-electron chi connectivity index (χ0n) is 22.2. The maximum Gasteiger partial charge on any atom is 0.246 e. The number of amides is 1. The van der Waals surface area contributed by atoms with Gasteiger partial charge in [0.15, 0.2) is 0 Å². The molecule has 5 heterocycles. The van der Waals surface area contributed by atoms with Crippen LogP contribution in [0.4, 0.5) is 11.5 Å². The van der Waals surface area contributed by atoms with Crippen LogP contribution in [0.1, 0.15) is 58.6 Å². The Morgan fingerprint density at radius 1 is 1.11 bits per heavy atom. The Hall–Kier alpha value is -3.78. The molecule has 8 nitrogen and oxygen atoms in total. The SMILES string of the molecule is C=CC(=O)N1CC(c2nc(C)c(-c3cc(C)c4c(c3)Nc3nccc(C5CCOCC5)c3CO4)c(C)n2)C1. The predicted molar refractivity (Wildman–Crippen MR) is 146 cm³/mol. The van der Waals surface area contributed by atoms with Gasteiger partial charge >= 0.3 is 0 Å². The number of pyridine rings is 1. The van der Waals surface area contributed by atoms with Crippen LogP contribution in [-0.4, -0.2) is 52.1 Å². The average molecular weight is 512 g/mol. The Morgan fingerprint density at radius 2 is 1.84 bits per heavy atom. The highest BCUT2D eigenvalue weighted by Crippen LogP contribution is 2.42. The Bertz CT molecular complexity index is 1400. The number of carbonyl (C=O) groups is 1. The molecule has 0 spiro atoms. The Kier molecular flexibility index (Phi) is 6.35. The van der Waals surface area contributed by atoms with Crippen LogP contribution in [0.15, 0.2) is 37.1 Å². The summed E-state index contributed by atoms with van der Waals surface area (Å²) in [6.45, 7) is 13.0. The number of aryl methyl sites for hydroxylation is 3. The quantitative estimate of drug-likeness (QED) is 0.487. The molecule has 1 aromatic carbocycles. The summed E-state index contributed by atoms with van der Waals surface area (Å²) in [5.74, 6) is 3.07. The molecule has 3 aromatic rings.